The average molecular weight is 269 g/mol. The Balaban J connectivity index is 1.81. The van der Waals surface area contributed by atoms with Gasteiger partial charge in [-0.25, -0.2) is 0 Å². The maximum absolute atomic E-state index is 5.73. The lowest BCUT2D eigenvalue weighted by Gasteiger charge is -2.29. The van der Waals surface area contributed by atoms with E-state index in [2.05, 4.69) is 28.6 Å². The molecule has 4 heteroatoms. The standard InChI is InChI=1S/C16H19N3O/c17-19-15(13-4-3-8-18-11-13)10-12-7-9-20-16-6-2-1-5-14(12)16/h1-6,8,11-12,15,19H,7,9-10,17H2. The van der Waals surface area contributed by atoms with Crippen molar-refractivity contribution in [1.29, 1.82) is 0 Å². The number of rotatable bonds is 4. The van der Waals surface area contributed by atoms with E-state index in [1.165, 1.54) is 5.56 Å². The summed E-state index contributed by atoms with van der Waals surface area (Å²) in [5.74, 6) is 7.20. The summed E-state index contributed by atoms with van der Waals surface area (Å²) in [5, 5.41) is 0. The third-order valence-electron chi connectivity index (χ3n) is 3.89. The van der Waals surface area contributed by atoms with Crippen molar-refractivity contribution in [2.75, 3.05) is 6.61 Å². The molecule has 1 aliphatic rings. The largest absolute Gasteiger partial charge is 0.493 e. The van der Waals surface area contributed by atoms with Gasteiger partial charge in [0.2, 0.25) is 0 Å². The summed E-state index contributed by atoms with van der Waals surface area (Å²) < 4.78 is 5.71. The fraction of sp³-hybridized carbons (Fsp3) is 0.312. The fourth-order valence-electron chi connectivity index (χ4n) is 2.83. The van der Waals surface area contributed by atoms with Crippen molar-refractivity contribution in [3.05, 3.63) is 59.9 Å². The number of benzene rings is 1. The van der Waals surface area contributed by atoms with Gasteiger partial charge in [-0.2, -0.15) is 0 Å². The molecular weight excluding hydrogens is 250 g/mol. The van der Waals surface area contributed by atoms with Gasteiger partial charge in [0.1, 0.15) is 5.75 Å². The van der Waals surface area contributed by atoms with Gasteiger partial charge in [0.05, 0.1) is 6.61 Å². The zero-order valence-corrected chi connectivity index (χ0v) is 11.3. The van der Waals surface area contributed by atoms with Gasteiger partial charge in [0.25, 0.3) is 0 Å². The SMILES string of the molecule is NNC(CC1CCOc2ccccc21)c1cccnc1. The predicted molar refractivity (Wildman–Crippen MR) is 78.2 cm³/mol. The van der Waals surface area contributed by atoms with E-state index >= 15 is 0 Å². The van der Waals surface area contributed by atoms with Crippen LogP contribution in [0.15, 0.2) is 48.8 Å². The summed E-state index contributed by atoms with van der Waals surface area (Å²) in [7, 11) is 0. The second-order valence-electron chi connectivity index (χ2n) is 5.11. The van der Waals surface area contributed by atoms with Gasteiger partial charge in [-0.05, 0) is 42.0 Å². The number of hydrogen-bond donors (Lipinski definition) is 2. The van der Waals surface area contributed by atoms with Gasteiger partial charge in [0, 0.05) is 18.4 Å². The van der Waals surface area contributed by atoms with Crippen LogP contribution in [-0.2, 0) is 0 Å². The van der Waals surface area contributed by atoms with Gasteiger partial charge in [-0.15, -0.1) is 0 Å². The zero-order chi connectivity index (χ0) is 13.8. The highest BCUT2D eigenvalue weighted by Crippen LogP contribution is 2.38. The van der Waals surface area contributed by atoms with Gasteiger partial charge in [-0.3, -0.25) is 16.3 Å². The highest BCUT2D eigenvalue weighted by atomic mass is 16.5. The number of nitrogens with one attached hydrogen (secondary N) is 1. The van der Waals surface area contributed by atoms with E-state index in [1.54, 1.807) is 6.20 Å². The number of nitrogens with zero attached hydrogens (tertiary/aromatic N) is 1. The van der Waals surface area contributed by atoms with Crippen molar-refractivity contribution in [1.82, 2.24) is 10.4 Å². The Labute approximate surface area is 119 Å². The maximum atomic E-state index is 5.73. The van der Waals surface area contributed by atoms with Crippen LogP contribution < -0.4 is 16.0 Å². The van der Waals surface area contributed by atoms with Crippen LogP contribution in [0.5, 0.6) is 5.75 Å². The van der Waals surface area contributed by atoms with E-state index in [-0.39, 0.29) is 6.04 Å². The first-order valence-electron chi connectivity index (χ1n) is 6.96. The first-order chi connectivity index (χ1) is 9.88. The minimum absolute atomic E-state index is 0.111. The molecule has 0 amide bonds. The highest BCUT2D eigenvalue weighted by Gasteiger charge is 2.24. The lowest BCUT2D eigenvalue weighted by atomic mass is 9.86. The van der Waals surface area contributed by atoms with Crippen molar-refractivity contribution in [2.24, 2.45) is 5.84 Å². The van der Waals surface area contributed by atoms with Gasteiger partial charge >= 0.3 is 0 Å². The van der Waals surface area contributed by atoms with E-state index < -0.39 is 0 Å². The number of ether oxygens (including phenoxy) is 1. The van der Waals surface area contributed by atoms with E-state index in [4.69, 9.17) is 10.6 Å². The Bertz CT molecular complexity index is 559. The second-order valence-corrected chi connectivity index (χ2v) is 5.11. The summed E-state index contributed by atoms with van der Waals surface area (Å²) in [4.78, 5) is 4.17. The van der Waals surface area contributed by atoms with Crippen LogP contribution in [-0.4, -0.2) is 11.6 Å². The molecule has 0 saturated heterocycles. The van der Waals surface area contributed by atoms with E-state index in [1.807, 2.05) is 24.4 Å². The van der Waals surface area contributed by atoms with Gasteiger partial charge in [0.15, 0.2) is 0 Å². The third-order valence-corrected chi connectivity index (χ3v) is 3.89. The molecule has 0 fully saturated rings. The molecule has 3 rings (SSSR count). The van der Waals surface area contributed by atoms with Crippen LogP contribution in [0.3, 0.4) is 0 Å². The average Bonchev–Trinajstić information content (AvgIpc) is 2.53. The molecular formula is C16H19N3O. The first-order valence-corrected chi connectivity index (χ1v) is 6.96. The molecule has 1 aliphatic heterocycles. The Kier molecular flexibility index (Phi) is 3.95. The molecule has 3 N–H and O–H groups in total. The molecule has 0 bridgehead atoms. The Hall–Kier alpha value is -1.91. The molecule has 1 aromatic carbocycles. The predicted octanol–water partition coefficient (Wildman–Crippen LogP) is 2.54. The highest BCUT2D eigenvalue weighted by molar-refractivity contribution is 5.38. The molecule has 2 aromatic rings. The zero-order valence-electron chi connectivity index (χ0n) is 11.3. The smallest absolute Gasteiger partial charge is 0.122 e. The van der Waals surface area contributed by atoms with Gasteiger partial charge in [-0.1, -0.05) is 24.3 Å². The number of pyridine rings is 1. The summed E-state index contributed by atoms with van der Waals surface area (Å²) >= 11 is 0. The van der Waals surface area contributed by atoms with Crippen LogP contribution in [0.1, 0.15) is 35.9 Å². The van der Waals surface area contributed by atoms with E-state index in [9.17, 15) is 0 Å². The fourth-order valence-corrected chi connectivity index (χ4v) is 2.83. The van der Waals surface area contributed by atoms with E-state index in [0.717, 1.165) is 30.8 Å². The Morgan fingerprint density at radius 3 is 3.00 bits per heavy atom. The van der Waals surface area contributed by atoms with Crippen LogP contribution >= 0.6 is 0 Å². The normalized spacial score (nSPS) is 18.9. The quantitative estimate of drug-likeness (QED) is 0.661. The maximum Gasteiger partial charge on any atom is 0.122 e. The van der Waals surface area contributed by atoms with Crippen molar-refractivity contribution in [3.8, 4) is 5.75 Å². The summed E-state index contributed by atoms with van der Waals surface area (Å²) in [6.45, 7) is 0.770. The first kappa shape index (κ1) is 13.1. The lowest BCUT2D eigenvalue weighted by Crippen LogP contribution is -2.30. The summed E-state index contributed by atoms with van der Waals surface area (Å²) in [5.41, 5.74) is 5.32. The minimum atomic E-state index is 0.111. The summed E-state index contributed by atoms with van der Waals surface area (Å²) in [6, 6.07) is 12.4. The van der Waals surface area contributed by atoms with Crippen molar-refractivity contribution >= 4 is 0 Å². The van der Waals surface area contributed by atoms with Crippen LogP contribution in [0.2, 0.25) is 0 Å². The van der Waals surface area contributed by atoms with Gasteiger partial charge < -0.3 is 4.74 Å². The summed E-state index contributed by atoms with van der Waals surface area (Å²) in [6.07, 6.45) is 5.62. The Morgan fingerprint density at radius 1 is 1.30 bits per heavy atom. The molecule has 0 spiro atoms. The molecule has 1 aromatic heterocycles. The van der Waals surface area contributed by atoms with Crippen LogP contribution in [0.4, 0.5) is 0 Å². The molecule has 0 radical (unpaired) electrons. The monoisotopic (exact) mass is 269 g/mol. The molecule has 2 unspecified atom stereocenters. The molecule has 2 heterocycles. The second kappa shape index (κ2) is 6.03. The molecule has 104 valence electrons. The van der Waals surface area contributed by atoms with Crippen molar-refractivity contribution in [2.45, 2.75) is 24.8 Å². The molecule has 2 atom stereocenters. The molecule has 0 aliphatic carbocycles. The van der Waals surface area contributed by atoms with Crippen molar-refractivity contribution < 1.29 is 4.74 Å². The Morgan fingerprint density at radius 2 is 2.20 bits per heavy atom. The van der Waals surface area contributed by atoms with Crippen LogP contribution in [0, 0.1) is 0 Å². The molecule has 4 nitrogen and oxygen atoms in total. The number of nitrogens with two attached hydrogens (primary N) is 1. The minimum Gasteiger partial charge on any atom is -0.493 e. The van der Waals surface area contributed by atoms with Crippen molar-refractivity contribution in [3.63, 3.8) is 0 Å². The number of aromatic nitrogens is 1. The third kappa shape index (κ3) is 2.66. The topological polar surface area (TPSA) is 60.2 Å². The number of hydrazine groups is 1. The van der Waals surface area contributed by atoms with Crippen LogP contribution in [0.25, 0.3) is 0 Å². The number of para-hydroxylation sites is 1. The number of fused-ring (bicyclic) bond motifs is 1. The van der Waals surface area contributed by atoms with E-state index in [0.29, 0.717) is 5.92 Å². The lowest BCUT2D eigenvalue weighted by molar-refractivity contribution is 0.255. The number of hydrogen-bond acceptors (Lipinski definition) is 4. The molecule has 20 heavy (non-hydrogen) atoms. The molecule has 0 saturated carbocycles.